The molecule has 1 aromatic heterocycles. The molecule has 0 saturated heterocycles. The number of hydrogen-bond acceptors (Lipinski definition) is 8. The second-order valence-electron chi connectivity index (χ2n) is 6.45. The summed E-state index contributed by atoms with van der Waals surface area (Å²) in [6, 6.07) is 12.4. The highest BCUT2D eigenvalue weighted by atomic mass is 16.5. The third-order valence-electron chi connectivity index (χ3n) is 4.45. The van der Waals surface area contributed by atoms with E-state index >= 15 is 0 Å². The highest BCUT2D eigenvalue weighted by molar-refractivity contribution is 6.07. The molecule has 166 valence electrons. The van der Waals surface area contributed by atoms with Crippen LogP contribution in [0.15, 0.2) is 59.2 Å². The highest BCUT2D eigenvalue weighted by Crippen LogP contribution is 2.34. The molecule has 9 heteroatoms. The smallest absolute Gasteiger partial charge is 0.340 e. The quantitative estimate of drug-likeness (QED) is 0.529. The summed E-state index contributed by atoms with van der Waals surface area (Å²) in [5.41, 5.74) is 1.12. The van der Waals surface area contributed by atoms with Crippen LogP contribution in [0, 0.1) is 0 Å². The second-order valence-corrected chi connectivity index (χ2v) is 6.45. The average Bonchev–Trinajstić information content (AvgIpc) is 3.37. The SMILES string of the molecule is COC(=O)c1cccc(COC(=O)c2cc(OC)c(OC)cc2NC(=O)c2ccco2)c1. The summed E-state index contributed by atoms with van der Waals surface area (Å²) in [5, 5.41) is 2.62. The zero-order valence-corrected chi connectivity index (χ0v) is 17.7. The van der Waals surface area contributed by atoms with Crippen molar-refractivity contribution < 1.29 is 37.7 Å². The van der Waals surface area contributed by atoms with Gasteiger partial charge in [0.2, 0.25) is 0 Å². The van der Waals surface area contributed by atoms with Crippen LogP contribution in [0.2, 0.25) is 0 Å². The summed E-state index contributed by atoms with van der Waals surface area (Å²) < 4.78 is 25.7. The van der Waals surface area contributed by atoms with Crippen LogP contribution in [0.3, 0.4) is 0 Å². The second kappa shape index (κ2) is 10.2. The molecular formula is C23H21NO8. The van der Waals surface area contributed by atoms with Crippen molar-refractivity contribution >= 4 is 23.5 Å². The first-order chi connectivity index (χ1) is 15.5. The number of carbonyl (C=O) groups excluding carboxylic acids is 3. The van der Waals surface area contributed by atoms with Crippen LogP contribution in [0.4, 0.5) is 5.69 Å². The number of ether oxygens (including phenoxy) is 4. The maximum absolute atomic E-state index is 12.9. The van der Waals surface area contributed by atoms with Crippen molar-refractivity contribution in [3.05, 3.63) is 77.2 Å². The van der Waals surface area contributed by atoms with E-state index in [4.69, 9.17) is 23.4 Å². The third kappa shape index (κ3) is 5.07. The Hall–Kier alpha value is -4.27. The lowest BCUT2D eigenvalue weighted by Crippen LogP contribution is -2.16. The fourth-order valence-corrected chi connectivity index (χ4v) is 2.88. The van der Waals surface area contributed by atoms with Gasteiger partial charge in [0.1, 0.15) is 6.61 Å². The summed E-state index contributed by atoms with van der Waals surface area (Å²) >= 11 is 0. The molecule has 0 bridgehead atoms. The summed E-state index contributed by atoms with van der Waals surface area (Å²) in [5.74, 6) is -1.11. The van der Waals surface area contributed by atoms with Gasteiger partial charge < -0.3 is 28.7 Å². The number of hydrogen-bond donors (Lipinski definition) is 1. The van der Waals surface area contributed by atoms with Crippen LogP contribution in [-0.2, 0) is 16.1 Å². The van der Waals surface area contributed by atoms with Crippen LogP contribution < -0.4 is 14.8 Å². The Balaban J connectivity index is 1.85. The van der Waals surface area contributed by atoms with Crippen molar-refractivity contribution in [3.63, 3.8) is 0 Å². The molecular weight excluding hydrogens is 418 g/mol. The lowest BCUT2D eigenvalue weighted by Gasteiger charge is -2.15. The van der Waals surface area contributed by atoms with E-state index in [0.717, 1.165) is 0 Å². The zero-order valence-electron chi connectivity index (χ0n) is 17.7. The summed E-state index contributed by atoms with van der Waals surface area (Å²) in [7, 11) is 4.14. The van der Waals surface area contributed by atoms with Gasteiger partial charge >= 0.3 is 11.9 Å². The average molecular weight is 439 g/mol. The summed E-state index contributed by atoms with van der Waals surface area (Å²) in [6.45, 7) is -0.108. The van der Waals surface area contributed by atoms with Crippen LogP contribution in [-0.4, -0.2) is 39.2 Å². The largest absolute Gasteiger partial charge is 0.493 e. The number of rotatable bonds is 8. The molecule has 0 atom stereocenters. The van der Waals surface area contributed by atoms with Crippen molar-refractivity contribution in [3.8, 4) is 11.5 Å². The number of nitrogens with one attached hydrogen (secondary N) is 1. The number of esters is 2. The first-order valence-corrected chi connectivity index (χ1v) is 9.42. The van der Waals surface area contributed by atoms with Gasteiger partial charge in [-0.15, -0.1) is 0 Å². The van der Waals surface area contributed by atoms with Crippen LogP contribution >= 0.6 is 0 Å². The predicted molar refractivity (Wildman–Crippen MR) is 113 cm³/mol. The van der Waals surface area contributed by atoms with Crippen LogP contribution in [0.25, 0.3) is 0 Å². The number of carbonyl (C=O) groups is 3. The topological polar surface area (TPSA) is 113 Å². The lowest BCUT2D eigenvalue weighted by molar-refractivity contribution is 0.0473. The van der Waals surface area contributed by atoms with Gasteiger partial charge in [-0.1, -0.05) is 12.1 Å². The van der Waals surface area contributed by atoms with Crippen molar-refractivity contribution in [2.75, 3.05) is 26.6 Å². The van der Waals surface area contributed by atoms with Gasteiger partial charge in [-0.05, 0) is 29.8 Å². The van der Waals surface area contributed by atoms with Gasteiger partial charge in [-0.2, -0.15) is 0 Å². The molecule has 1 N–H and O–H groups in total. The van der Waals surface area contributed by atoms with Crippen molar-refractivity contribution in [2.45, 2.75) is 6.61 Å². The fourth-order valence-electron chi connectivity index (χ4n) is 2.88. The molecule has 1 heterocycles. The van der Waals surface area contributed by atoms with Crippen LogP contribution in [0.5, 0.6) is 11.5 Å². The van der Waals surface area contributed by atoms with E-state index in [2.05, 4.69) is 5.32 Å². The predicted octanol–water partition coefficient (Wildman–Crippen LogP) is 3.69. The van der Waals surface area contributed by atoms with E-state index in [1.807, 2.05) is 0 Å². The summed E-state index contributed by atoms with van der Waals surface area (Å²) in [6.07, 6.45) is 1.36. The minimum absolute atomic E-state index is 0.0479. The minimum Gasteiger partial charge on any atom is -0.493 e. The highest BCUT2D eigenvalue weighted by Gasteiger charge is 2.21. The maximum Gasteiger partial charge on any atom is 0.340 e. The zero-order chi connectivity index (χ0) is 23.1. The first kappa shape index (κ1) is 22.4. The van der Waals surface area contributed by atoms with E-state index < -0.39 is 17.8 Å². The fraction of sp³-hybridized carbons (Fsp3) is 0.174. The molecule has 9 nitrogen and oxygen atoms in total. The molecule has 1 amide bonds. The Labute approximate surface area is 183 Å². The van der Waals surface area contributed by atoms with E-state index in [9.17, 15) is 14.4 Å². The Morgan fingerprint density at radius 1 is 0.906 bits per heavy atom. The first-order valence-electron chi connectivity index (χ1n) is 9.42. The molecule has 0 aliphatic heterocycles. The Morgan fingerprint density at radius 2 is 1.66 bits per heavy atom. The Kier molecular flexibility index (Phi) is 7.12. The molecule has 0 aliphatic rings. The van der Waals surface area contributed by atoms with Crippen molar-refractivity contribution in [2.24, 2.45) is 0 Å². The maximum atomic E-state index is 12.9. The molecule has 0 aliphatic carbocycles. The molecule has 3 aromatic rings. The Bertz CT molecular complexity index is 1120. The van der Waals surface area contributed by atoms with Gasteiger partial charge in [0.05, 0.1) is 44.4 Å². The van der Waals surface area contributed by atoms with E-state index in [1.165, 1.54) is 45.8 Å². The number of methoxy groups -OCH3 is 3. The monoisotopic (exact) mass is 439 g/mol. The van der Waals surface area contributed by atoms with Gasteiger partial charge in [-0.3, -0.25) is 4.79 Å². The van der Waals surface area contributed by atoms with E-state index in [-0.39, 0.29) is 29.4 Å². The normalized spacial score (nSPS) is 10.2. The molecule has 2 aromatic carbocycles. The van der Waals surface area contributed by atoms with E-state index in [1.54, 1.807) is 30.3 Å². The van der Waals surface area contributed by atoms with Gasteiger partial charge in [-0.25, -0.2) is 9.59 Å². The third-order valence-corrected chi connectivity index (χ3v) is 4.45. The summed E-state index contributed by atoms with van der Waals surface area (Å²) in [4.78, 5) is 37.0. The number of benzene rings is 2. The van der Waals surface area contributed by atoms with Gasteiger partial charge in [0.15, 0.2) is 17.3 Å². The molecule has 3 rings (SSSR count). The lowest BCUT2D eigenvalue weighted by atomic mass is 10.1. The number of furan rings is 1. The molecule has 32 heavy (non-hydrogen) atoms. The van der Waals surface area contributed by atoms with Gasteiger partial charge in [0, 0.05) is 12.1 Å². The van der Waals surface area contributed by atoms with Gasteiger partial charge in [0.25, 0.3) is 5.91 Å². The minimum atomic E-state index is -0.718. The Morgan fingerprint density at radius 3 is 2.31 bits per heavy atom. The molecule has 0 spiro atoms. The van der Waals surface area contributed by atoms with Crippen molar-refractivity contribution in [1.29, 1.82) is 0 Å². The molecule has 0 unspecified atom stereocenters. The number of anilines is 1. The standard InChI is InChI=1S/C23H21NO8/c1-28-19-11-16(17(12-20(19)29-2)24-21(25)18-8-5-9-31-18)23(27)32-13-14-6-4-7-15(10-14)22(26)30-3/h4-12H,13H2,1-3H3,(H,24,25). The molecule has 0 radical (unpaired) electrons. The van der Waals surface area contributed by atoms with Crippen LogP contribution in [0.1, 0.15) is 36.8 Å². The van der Waals surface area contributed by atoms with Crippen molar-refractivity contribution in [1.82, 2.24) is 0 Å². The van der Waals surface area contributed by atoms with E-state index in [0.29, 0.717) is 16.9 Å². The molecule has 0 saturated carbocycles. The molecule has 0 fully saturated rings. The number of amides is 1.